The van der Waals surface area contributed by atoms with Crippen LogP contribution in [0.15, 0.2) is 143 Å². The van der Waals surface area contributed by atoms with Crippen LogP contribution >= 0.6 is 0 Å². The topological polar surface area (TPSA) is 237 Å². The van der Waals surface area contributed by atoms with E-state index in [0.717, 1.165) is 54.0 Å². The number of aliphatic imine (C=N–C) groups is 2. The van der Waals surface area contributed by atoms with E-state index in [-0.39, 0.29) is 73.6 Å². The zero-order chi connectivity index (χ0) is 65.3. The minimum absolute atomic E-state index is 0.103. The number of likely N-dealkylation sites (N-methyl/N-ethyl adjacent to an activating group) is 1. The number of anilines is 2. The Kier molecular flexibility index (Phi) is 20.5. The second kappa shape index (κ2) is 29.3. The highest BCUT2D eigenvalue weighted by Crippen LogP contribution is 2.43. The number of hydrogen-bond donors (Lipinski definition) is 4. The van der Waals surface area contributed by atoms with Gasteiger partial charge in [-0.15, -0.1) is 0 Å². The summed E-state index contributed by atoms with van der Waals surface area (Å²) in [7, 11) is 5.21. The predicted molar refractivity (Wildman–Crippen MR) is 358 cm³/mol. The van der Waals surface area contributed by atoms with Crippen LogP contribution in [0.5, 0.6) is 23.0 Å². The van der Waals surface area contributed by atoms with E-state index in [4.69, 9.17) is 28.9 Å². The fourth-order valence-electron chi connectivity index (χ4n) is 12.6. The number of amides is 6. The molecular formula is C72H82N10O11. The molecule has 6 heterocycles. The molecule has 2 fully saturated rings. The summed E-state index contributed by atoms with van der Waals surface area (Å²) in [6.07, 6.45) is 23.6. The third-order valence-corrected chi connectivity index (χ3v) is 18.0. The number of likely N-dealkylation sites (tertiary alicyclic amines) is 1. The number of allylic oxidation sites excluding steroid dienone is 7. The highest BCUT2D eigenvalue weighted by atomic mass is 16.5. The quantitative estimate of drug-likeness (QED) is 0.0480. The van der Waals surface area contributed by atoms with Crippen molar-refractivity contribution >= 4 is 81.8 Å². The van der Waals surface area contributed by atoms with Crippen LogP contribution in [0.3, 0.4) is 0 Å². The number of nitrogens with one attached hydrogen (secondary N) is 3. The smallest absolute Gasteiger partial charge is 0.260 e. The standard InChI is InChI=1S/C72H82N10O11/c1-45(2)67(77-65(83)18-13-10-14-27-80-66(84)38-56(70(80)87)49-16-11-8-7-9-12-17-49)69(86)75-46(3)68(85)76-52-23-19-47(20-24-52)50-34-54-41-73-59-39-63(61(90-5)36-57(59)71(88)81(54)43-50)92-32-15-33-93-64-40-60-58(37-62(64)91-6)72(89)82-44-51(35-55(82)42-74-60)48-21-25-53(26-22-48)79-30-28-78(4)29-31-79/h7-9,11-12,16-17,19-26,36-37,39-46,54-56,67,70,87H,10,13-15,18,27-35,38H2,1-6H3,(H,75,86)(H,76,85)(H,77,83)/t46-,54-,55-,56?,67?,70?/m0/s1. The number of carbonyl (C=O) groups excluding carboxylic acids is 6. The number of rotatable bonds is 24. The van der Waals surface area contributed by atoms with Gasteiger partial charge in [0.2, 0.25) is 23.6 Å². The highest BCUT2D eigenvalue weighted by molar-refractivity contribution is 6.07. The Labute approximate surface area is 542 Å². The fraction of sp³-hybridized carbons (Fsp3) is 0.389. The van der Waals surface area contributed by atoms with E-state index >= 15 is 0 Å². The van der Waals surface area contributed by atoms with Gasteiger partial charge >= 0.3 is 0 Å². The molecule has 4 aromatic rings. The summed E-state index contributed by atoms with van der Waals surface area (Å²) in [6, 6.07) is 20.2. The first kappa shape index (κ1) is 64.9. The maximum atomic E-state index is 14.2. The van der Waals surface area contributed by atoms with Crippen molar-refractivity contribution in [1.82, 2.24) is 30.2 Å². The summed E-state index contributed by atoms with van der Waals surface area (Å²) in [4.78, 5) is 100. The highest BCUT2D eigenvalue weighted by Gasteiger charge is 2.40. The number of benzene rings is 4. The number of piperazine rings is 1. The summed E-state index contributed by atoms with van der Waals surface area (Å²) < 4.78 is 23.9. The number of aliphatic hydroxyl groups is 1. The van der Waals surface area contributed by atoms with Gasteiger partial charge in [0.25, 0.3) is 11.8 Å². The van der Waals surface area contributed by atoms with Crippen LogP contribution in [0.4, 0.5) is 22.7 Å². The Morgan fingerprint density at radius 3 is 1.80 bits per heavy atom. The van der Waals surface area contributed by atoms with E-state index in [0.29, 0.717) is 96.3 Å². The number of ether oxygens (including phenoxy) is 4. The molecule has 0 spiro atoms. The van der Waals surface area contributed by atoms with Crippen molar-refractivity contribution in [2.75, 3.05) is 77.4 Å². The molecule has 21 heteroatoms. The zero-order valence-corrected chi connectivity index (χ0v) is 53.6. The van der Waals surface area contributed by atoms with E-state index in [2.05, 4.69) is 57.1 Å². The SMILES string of the molecule is COc1cc2c(cc1OCCCOc1cc3c(cc1OC)C(=O)N1C=C(c4ccc(N5CCN(C)CC5)cc4)C[C@H]1C=N3)N=C[C@@H]1CC(c3ccc(NC(=O)[C@H](C)NC(=O)C(NC(=O)CCCCCN4C(=O)CC(C5=CC=CC=CC=C5)C4O)C(C)C)cc3)=CN1C2=O. The second-order valence-corrected chi connectivity index (χ2v) is 24.8. The Morgan fingerprint density at radius 2 is 1.22 bits per heavy atom. The van der Waals surface area contributed by atoms with Crippen molar-refractivity contribution in [3.05, 3.63) is 156 Å². The third kappa shape index (κ3) is 15.0. The molecule has 11 rings (SSSR count). The van der Waals surface area contributed by atoms with Gasteiger partial charge in [0.05, 0.1) is 62.0 Å². The number of hydrogen-bond acceptors (Lipinski definition) is 15. The average Bonchev–Trinajstić information content (AvgIpc) is 1.69. The third-order valence-electron chi connectivity index (χ3n) is 18.0. The van der Waals surface area contributed by atoms with Crippen molar-refractivity contribution in [2.45, 2.75) is 103 Å². The molecule has 4 aromatic carbocycles. The largest absolute Gasteiger partial charge is 0.493 e. The number of aliphatic hydroxyl groups excluding tert-OH is 1. The summed E-state index contributed by atoms with van der Waals surface area (Å²) in [5.74, 6) is -0.675. The molecule has 93 heavy (non-hydrogen) atoms. The van der Waals surface area contributed by atoms with E-state index in [1.165, 1.54) is 17.7 Å². The molecule has 0 saturated carbocycles. The fourth-order valence-corrected chi connectivity index (χ4v) is 12.6. The molecular weight excluding hydrogens is 1180 g/mol. The second-order valence-electron chi connectivity index (χ2n) is 24.8. The van der Waals surface area contributed by atoms with E-state index in [9.17, 15) is 33.9 Å². The number of unbranched alkanes of at least 4 members (excludes halogenated alkanes) is 2. The first-order valence-electron chi connectivity index (χ1n) is 32.1. The molecule has 6 amide bonds. The van der Waals surface area contributed by atoms with Gasteiger partial charge in [-0.25, -0.2) is 0 Å². The van der Waals surface area contributed by atoms with Crippen LogP contribution in [0.2, 0.25) is 0 Å². The lowest BCUT2D eigenvalue weighted by Gasteiger charge is -2.34. The molecule has 486 valence electrons. The van der Waals surface area contributed by atoms with Gasteiger partial charge in [-0.1, -0.05) is 87.1 Å². The lowest BCUT2D eigenvalue weighted by molar-refractivity contribution is -0.133. The maximum Gasteiger partial charge on any atom is 0.260 e. The Morgan fingerprint density at radius 1 is 0.645 bits per heavy atom. The summed E-state index contributed by atoms with van der Waals surface area (Å²) >= 11 is 0. The Bertz CT molecular complexity index is 3750. The van der Waals surface area contributed by atoms with Crippen LogP contribution < -0.4 is 39.8 Å². The van der Waals surface area contributed by atoms with Gasteiger partial charge in [0, 0.05) is 119 Å². The van der Waals surface area contributed by atoms with E-state index in [1.54, 1.807) is 66.4 Å². The van der Waals surface area contributed by atoms with Gasteiger partial charge in [-0.2, -0.15) is 0 Å². The molecule has 0 aromatic heterocycles. The molecule has 6 atom stereocenters. The maximum absolute atomic E-state index is 14.2. The van der Waals surface area contributed by atoms with E-state index in [1.807, 2.05) is 87.1 Å². The van der Waals surface area contributed by atoms with Gasteiger partial charge in [0.1, 0.15) is 18.3 Å². The molecule has 2 saturated heterocycles. The molecule has 1 aliphatic carbocycles. The molecule has 0 bridgehead atoms. The monoisotopic (exact) mass is 1260 g/mol. The van der Waals surface area contributed by atoms with Gasteiger partial charge < -0.3 is 64.5 Å². The molecule has 7 aliphatic rings. The lowest BCUT2D eigenvalue weighted by atomic mass is 9.95. The van der Waals surface area contributed by atoms with Crippen LogP contribution in [0.25, 0.3) is 11.1 Å². The molecule has 4 N–H and O–H groups in total. The summed E-state index contributed by atoms with van der Waals surface area (Å²) in [5, 5.41) is 19.5. The van der Waals surface area contributed by atoms with Crippen LogP contribution in [0.1, 0.15) is 104 Å². The summed E-state index contributed by atoms with van der Waals surface area (Å²) in [6.45, 7) is 10.2. The average molecular weight is 1260 g/mol. The minimum Gasteiger partial charge on any atom is -0.493 e. The summed E-state index contributed by atoms with van der Waals surface area (Å²) in [5.41, 5.74) is 8.23. The van der Waals surface area contributed by atoms with Gasteiger partial charge in [-0.05, 0) is 97.0 Å². The predicted octanol–water partition coefficient (Wildman–Crippen LogP) is 9.17. The Hall–Kier alpha value is -9.60. The van der Waals surface area contributed by atoms with Crippen LogP contribution in [0, 0.1) is 11.8 Å². The number of nitrogens with zero attached hydrogens (tertiary/aromatic N) is 7. The number of carbonyl (C=O) groups is 6. The van der Waals surface area contributed by atoms with Crippen molar-refractivity contribution in [3.8, 4) is 23.0 Å². The van der Waals surface area contributed by atoms with Crippen molar-refractivity contribution < 1.29 is 52.8 Å². The van der Waals surface area contributed by atoms with Crippen molar-refractivity contribution in [3.63, 3.8) is 0 Å². The molecule has 0 radical (unpaired) electrons. The minimum atomic E-state index is -0.930. The van der Waals surface area contributed by atoms with Crippen molar-refractivity contribution in [2.24, 2.45) is 21.8 Å². The first-order chi connectivity index (χ1) is 45.0. The zero-order valence-electron chi connectivity index (χ0n) is 53.6. The van der Waals surface area contributed by atoms with Crippen LogP contribution in [-0.2, 0) is 19.2 Å². The lowest BCUT2D eigenvalue weighted by Crippen LogP contribution is -2.53. The van der Waals surface area contributed by atoms with Crippen molar-refractivity contribution in [1.29, 1.82) is 0 Å². The molecule has 21 nitrogen and oxygen atoms in total. The number of fused-ring (bicyclic) bond motifs is 4. The normalized spacial score (nSPS) is 20.5. The Balaban J connectivity index is 0.618. The van der Waals surface area contributed by atoms with Crippen LogP contribution in [-0.4, -0.2) is 170 Å². The first-order valence-corrected chi connectivity index (χ1v) is 32.1. The molecule has 3 unspecified atom stereocenters. The molecule has 6 aliphatic heterocycles. The number of methoxy groups -OCH3 is 2. The van der Waals surface area contributed by atoms with Gasteiger partial charge in [-0.3, -0.25) is 38.8 Å². The van der Waals surface area contributed by atoms with E-state index < -0.39 is 30.1 Å². The van der Waals surface area contributed by atoms with Gasteiger partial charge in [0.15, 0.2) is 23.0 Å².